The summed E-state index contributed by atoms with van der Waals surface area (Å²) in [5, 5.41) is 0. The molecule has 0 spiro atoms. The maximum atomic E-state index is 13.0. The summed E-state index contributed by atoms with van der Waals surface area (Å²) in [5.41, 5.74) is 0. The Labute approximate surface area is 500 Å². The predicted molar refractivity (Wildman–Crippen MR) is 349 cm³/mol. The molecule has 0 heterocycles. The number of carbonyl (C=O) groups excluding carboxylic acids is 3. The highest BCUT2D eigenvalue weighted by Gasteiger charge is 2.19. The fourth-order valence-electron chi connectivity index (χ4n) is 11.2. The number of ether oxygens (including phenoxy) is 3. The van der Waals surface area contributed by atoms with Crippen LogP contribution in [0.15, 0.2) is 24.3 Å². The molecule has 0 bridgehead atoms. The van der Waals surface area contributed by atoms with Crippen LogP contribution in [-0.2, 0) is 28.6 Å². The second-order valence-corrected chi connectivity index (χ2v) is 24.9. The Morgan fingerprint density at radius 2 is 0.412 bits per heavy atom. The van der Waals surface area contributed by atoms with Gasteiger partial charge in [-0.2, -0.15) is 0 Å². The molecule has 0 aromatic carbocycles. The molecule has 6 heteroatoms. The molecule has 0 saturated carbocycles. The zero-order valence-corrected chi connectivity index (χ0v) is 54.4. The molecule has 0 rings (SSSR count). The molecular weight excluding hydrogens is 985 g/mol. The van der Waals surface area contributed by atoms with E-state index in [-0.39, 0.29) is 31.1 Å². The van der Waals surface area contributed by atoms with Gasteiger partial charge in [-0.1, -0.05) is 347 Å². The third-order valence-corrected chi connectivity index (χ3v) is 16.7. The highest BCUT2D eigenvalue weighted by atomic mass is 16.6. The van der Waals surface area contributed by atoms with Gasteiger partial charge in [-0.15, -0.1) is 0 Å². The van der Waals surface area contributed by atoms with Gasteiger partial charge >= 0.3 is 17.9 Å². The minimum absolute atomic E-state index is 0.0681. The van der Waals surface area contributed by atoms with Gasteiger partial charge in [-0.3, -0.25) is 14.4 Å². The van der Waals surface area contributed by atoms with Crippen LogP contribution in [0.1, 0.15) is 412 Å². The molecule has 0 aromatic heterocycles. The summed E-state index contributed by atoms with van der Waals surface area (Å²) < 4.78 is 17.0. The van der Waals surface area contributed by atoms with Crippen LogP contribution in [0.25, 0.3) is 0 Å². The Kier molecular flexibility index (Phi) is 67.6. The van der Waals surface area contributed by atoms with Gasteiger partial charge in [0.15, 0.2) is 6.10 Å². The van der Waals surface area contributed by atoms with Gasteiger partial charge in [0.05, 0.1) is 0 Å². The Morgan fingerprint density at radius 3 is 0.625 bits per heavy atom. The first kappa shape index (κ1) is 77.9. The van der Waals surface area contributed by atoms with Gasteiger partial charge in [0.2, 0.25) is 0 Å². The number of hydrogen-bond donors (Lipinski definition) is 0. The van der Waals surface area contributed by atoms with E-state index in [2.05, 4.69) is 45.1 Å². The van der Waals surface area contributed by atoms with Crippen LogP contribution in [0.3, 0.4) is 0 Å². The summed E-state index contributed by atoms with van der Waals surface area (Å²) in [6.07, 6.45) is 85.0. The van der Waals surface area contributed by atoms with E-state index >= 15 is 0 Å². The van der Waals surface area contributed by atoms with Crippen LogP contribution >= 0.6 is 0 Å². The number of carbonyl (C=O) groups is 3. The molecule has 0 aliphatic rings. The van der Waals surface area contributed by atoms with Crippen LogP contribution in [0.2, 0.25) is 0 Å². The standard InChI is InChI=1S/C74H140O6/c1-4-7-10-13-16-19-22-25-28-30-32-34-36-37-38-40-41-43-46-49-52-55-58-61-64-67-73(76)79-70-71(69-78-72(75)66-63-60-57-54-51-48-45-27-24-21-18-15-12-9-6-3)80-74(77)68-65-62-59-56-53-50-47-44-42-39-35-33-31-29-26-23-20-17-14-11-8-5-2/h27,30,32,45,71H,4-26,28-29,31,33-44,46-70H2,1-3H3/b32-30-,45-27-. The molecule has 1 unspecified atom stereocenters. The van der Waals surface area contributed by atoms with Crippen molar-refractivity contribution in [1.29, 1.82) is 0 Å². The van der Waals surface area contributed by atoms with Crippen molar-refractivity contribution in [3.05, 3.63) is 24.3 Å². The monoisotopic (exact) mass is 1130 g/mol. The summed E-state index contributed by atoms with van der Waals surface area (Å²) in [5.74, 6) is -0.843. The Bertz CT molecular complexity index is 1290. The third kappa shape index (κ3) is 66.7. The Hall–Kier alpha value is -2.11. The second-order valence-electron chi connectivity index (χ2n) is 24.9. The van der Waals surface area contributed by atoms with E-state index in [0.717, 1.165) is 64.2 Å². The number of rotatable bonds is 68. The molecule has 0 saturated heterocycles. The van der Waals surface area contributed by atoms with E-state index in [1.54, 1.807) is 0 Å². The summed E-state index contributed by atoms with van der Waals surface area (Å²) in [7, 11) is 0. The lowest BCUT2D eigenvalue weighted by Gasteiger charge is -2.18. The van der Waals surface area contributed by atoms with Crippen molar-refractivity contribution >= 4 is 17.9 Å². The molecule has 0 fully saturated rings. The molecule has 6 nitrogen and oxygen atoms in total. The molecule has 80 heavy (non-hydrogen) atoms. The molecule has 1 atom stereocenters. The van der Waals surface area contributed by atoms with E-state index < -0.39 is 6.10 Å². The molecule has 0 aliphatic carbocycles. The minimum atomic E-state index is -0.772. The smallest absolute Gasteiger partial charge is 0.306 e. The lowest BCUT2D eigenvalue weighted by molar-refractivity contribution is -0.167. The minimum Gasteiger partial charge on any atom is -0.462 e. The Morgan fingerprint density at radius 1 is 0.237 bits per heavy atom. The van der Waals surface area contributed by atoms with Gasteiger partial charge in [-0.05, 0) is 70.6 Å². The Balaban J connectivity index is 4.25. The van der Waals surface area contributed by atoms with Crippen LogP contribution < -0.4 is 0 Å². The lowest BCUT2D eigenvalue weighted by atomic mass is 10.0. The zero-order valence-electron chi connectivity index (χ0n) is 54.4. The first-order valence-corrected chi connectivity index (χ1v) is 36.3. The highest BCUT2D eigenvalue weighted by Crippen LogP contribution is 2.19. The van der Waals surface area contributed by atoms with Gasteiger partial charge in [0.25, 0.3) is 0 Å². The van der Waals surface area contributed by atoms with E-state index in [4.69, 9.17) is 14.2 Å². The number of allylic oxidation sites excluding steroid dienone is 4. The van der Waals surface area contributed by atoms with Crippen molar-refractivity contribution in [2.75, 3.05) is 13.2 Å². The maximum absolute atomic E-state index is 13.0. The molecule has 0 N–H and O–H groups in total. The first-order valence-electron chi connectivity index (χ1n) is 36.3. The molecular formula is C74H140O6. The molecule has 472 valence electrons. The summed E-state index contributed by atoms with van der Waals surface area (Å²) in [4.78, 5) is 38.5. The summed E-state index contributed by atoms with van der Waals surface area (Å²) in [6, 6.07) is 0. The maximum Gasteiger partial charge on any atom is 0.306 e. The lowest BCUT2D eigenvalue weighted by Crippen LogP contribution is -2.30. The van der Waals surface area contributed by atoms with Crippen LogP contribution in [0.4, 0.5) is 0 Å². The summed E-state index contributed by atoms with van der Waals surface area (Å²) in [6.45, 7) is 6.72. The van der Waals surface area contributed by atoms with Crippen molar-refractivity contribution in [3.63, 3.8) is 0 Å². The van der Waals surface area contributed by atoms with Crippen LogP contribution in [0.5, 0.6) is 0 Å². The van der Waals surface area contributed by atoms with Crippen molar-refractivity contribution in [3.8, 4) is 0 Å². The molecule has 0 aliphatic heterocycles. The fourth-order valence-corrected chi connectivity index (χ4v) is 11.2. The average Bonchev–Trinajstić information content (AvgIpc) is 3.46. The normalized spacial score (nSPS) is 12.1. The van der Waals surface area contributed by atoms with Gasteiger partial charge < -0.3 is 14.2 Å². The zero-order chi connectivity index (χ0) is 57.8. The average molecular weight is 1130 g/mol. The van der Waals surface area contributed by atoms with Crippen LogP contribution in [-0.4, -0.2) is 37.2 Å². The van der Waals surface area contributed by atoms with E-state index in [1.165, 1.54) is 308 Å². The van der Waals surface area contributed by atoms with Crippen molar-refractivity contribution < 1.29 is 28.6 Å². The van der Waals surface area contributed by atoms with Crippen molar-refractivity contribution in [1.82, 2.24) is 0 Å². The van der Waals surface area contributed by atoms with E-state index in [1.807, 2.05) is 0 Å². The van der Waals surface area contributed by atoms with Crippen molar-refractivity contribution in [2.24, 2.45) is 0 Å². The topological polar surface area (TPSA) is 78.9 Å². The predicted octanol–water partition coefficient (Wildman–Crippen LogP) is 25.0. The second kappa shape index (κ2) is 69.4. The largest absolute Gasteiger partial charge is 0.462 e. The summed E-state index contributed by atoms with van der Waals surface area (Å²) >= 11 is 0. The number of hydrogen-bond acceptors (Lipinski definition) is 6. The quantitative estimate of drug-likeness (QED) is 0.0261. The van der Waals surface area contributed by atoms with E-state index in [0.29, 0.717) is 19.3 Å². The van der Waals surface area contributed by atoms with Gasteiger partial charge in [-0.25, -0.2) is 0 Å². The highest BCUT2D eigenvalue weighted by molar-refractivity contribution is 5.71. The van der Waals surface area contributed by atoms with Crippen molar-refractivity contribution in [2.45, 2.75) is 419 Å². The fraction of sp³-hybridized carbons (Fsp3) is 0.905. The number of esters is 3. The first-order chi connectivity index (χ1) is 39.5. The SMILES string of the molecule is CCCCCCCC/C=C\CCCCCCCC(=O)OCC(COC(=O)CCCCCCCCCCCCCCC/C=C\CCCCCCCCCC)OC(=O)CCCCCCCCCCCCCCCCCCCCCCCC. The molecule has 0 amide bonds. The van der Waals surface area contributed by atoms with E-state index in [9.17, 15) is 14.4 Å². The number of unbranched alkanes of at least 4 members (excludes halogenated alkanes) is 53. The molecule has 0 aromatic rings. The van der Waals surface area contributed by atoms with Gasteiger partial charge in [0, 0.05) is 19.3 Å². The van der Waals surface area contributed by atoms with Gasteiger partial charge in [0.1, 0.15) is 13.2 Å². The third-order valence-electron chi connectivity index (χ3n) is 16.7. The molecule has 0 radical (unpaired) electrons. The van der Waals surface area contributed by atoms with Crippen LogP contribution in [0, 0.1) is 0 Å².